The van der Waals surface area contributed by atoms with E-state index in [1.54, 1.807) is 0 Å². The number of hydrogen-bond donors (Lipinski definition) is 2. The summed E-state index contributed by atoms with van der Waals surface area (Å²) in [5.41, 5.74) is 3.29. The first-order valence-electron chi connectivity index (χ1n) is 7.37. The summed E-state index contributed by atoms with van der Waals surface area (Å²) in [7, 11) is 0. The summed E-state index contributed by atoms with van der Waals surface area (Å²) >= 11 is 6.32. The third-order valence-electron chi connectivity index (χ3n) is 4.22. The van der Waals surface area contributed by atoms with E-state index >= 15 is 0 Å². The lowest BCUT2D eigenvalue weighted by Crippen LogP contribution is -2.49. The highest BCUT2D eigenvalue weighted by Gasteiger charge is 2.31. The monoisotopic (exact) mass is 354 g/mol. The quantitative estimate of drug-likeness (QED) is 0.871. The minimum Gasteiger partial charge on any atom is -0.328 e. The van der Waals surface area contributed by atoms with E-state index in [2.05, 4.69) is 15.5 Å². The number of halogens is 2. The maximum Gasteiger partial charge on any atom is 0.275 e. The standard InChI is InChI=1S/C16H19ClN4O.ClH/c1-10-11(2)19-20-15(10)16(22)21-8-7-18-9-14(21)12-5-3-4-6-13(12)17;/h3-6,14,18H,7-9H2,1-2H3,(H,19,20);1H. The molecule has 1 amide bonds. The summed E-state index contributed by atoms with van der Waals surface area (Å²) in [6.45, 7) is 5.94. The van der Waals surface area contributed by atoms with E-state index in [9.17, 15) is 4.79 Å². The highest BCUT2D eigenvalue weighted by molar-refractivity contribution is 6.31. The molecule has 0 aliphatic carbocycles. The largest absolute Gasteiger partial charge is 0.328 e. The van der Waals surface area contributed by atoms with E-state index in [1.807, 2.05) is 43.0 Å². The van der Waals surface area contributed by atoms with Crippen LogP contribution in [0.1, 0.15) is 33.4 Å². The lowest BCUT2D eigenvalue weighted by molar-refractivity contribution is 0.0627. The van der Waals surface area contributed by atoms with Crippen LogP contribution >= 0.6 is 24.0 Å². The second-order valence-electron chi connectivity index (χ2n) is 5.56. The van der Waals surface area contributed by atoms with Gasteiger partial charge in [0.1, 0.15) is 0 Å². The maximum absolute atomic E-state index is 12.9. The Kier molecular flexibility index (Phi) is 5.68. The molecule has 2 aromatic rings. The smallest absolute Gasteiger partial charge is 0.275 e. The predicted octanol–water partition coefficient (Wildman–Crippen LogP) is 2.89. The Morgan fingerprint density at radius 3 is 2.74 bits per heavy atom. The van der Waals surface area contributed by atoms with Crippen LogP contribution in [0.5, 0.6) is 0 Å². The topological polar surface area (TPSA) is 61.0 Å². The van der Waals surface area contributed by atoms with E-state index in [0.29, 0.717) is 23.8 Å². The minimum atomic E-state index is -0.0774. The van der Waals surface area contributed by atoms with Gasteiger partial charge < -0.3 is 10.2 Å². The van der Waals surface area contributed by atoms with Gasteiger partial charge in [-0.25, -0.2) is 0 Å². The van der Waals surface area contributed by atoms with Crippen LogP contribution in [0, 0.1) is 13.8 Å². The van der Waals surface area contributed by atoms with Gasteiger partial charge in [0.15, 0.2) is 5.69 Å². The van der Waals surface area contributed by atoms with Crippen molar-refractivity contribution in [1.82, 2.24) is 20.4 Å². The van der Waals surface area contributed by atoms with Crippen LogP contribution in [0.25, 0.3) is 0 Å². The van der Waals surface area contributed by atoms with Crippen molar-refractivity contribution in [2.45, 2.75) is 19.9 Å². The number of H-pyrrole nitrogens is 1. The van der Waals surface area contributed by atoms with Crippen molar-refractivity contribution in [2.24, 2.45) is 0 Å². The molecule has 0 bridgehead atoms. The van der Waals surface area contributed by atoms with Gasteiger partial charge in [0.25, 0.3) is 5.91 Å². The molecule has 23 heavy (non-hydrogen) atoms. The summed E-state index contributed by atoms with van der Waals surface area (Å²) in [6, 6.07) is 7.60. The number of aromatic nitrogens is 2. The third-order valence-corrected chi connectivity index (χ3v) is 4.57. The van der Waals surface area contributed by atoms with Crippen LogP contribution in [-0.2, 0) is 0 Å². The van der Waals surface area contributed by atoms with Gasteiger partial charge in [-0.2, -0.15) is 5.10 Å². The molecule has 1 fully saturated rings. The lowest BCUT2D eigenvalue weighted by Gasteiger charge is -2.36. The van der Waals surface area contributed by atoms with Crippen LogP contribution in [0.4, 0.5) is 0 Å². The molecule has 1 aromatic carbocycles. The van der Waals surface area contributed by atoms with Crippen molar-refractivity contribution >= 4 is 29.9 Å². The van der Waals surface area contributed by atoms with Gasteiger partial charge in [-0.3, -0.25) is 9.89 Å². The number of piperazine rings is 1. The molecule has 7 heteroatoms. The number of aromatic amines is 1. The Balaban J connectivity index is 0.00000192. The zero-order valence-corrected chi connectivity index (χ0v) is 14.7. The van der Waals surface area contributed by atoms with E-state index in [4.69, 9.17) is 11.6 Å². The Hall–Kier alpha value is -1.56. The van der Waals surface area contributed by atoms with Crippen LogP contribution in [0.15, 0.2) is 24.3 Å². The fourth-order valence-electron chi connectivity index (χ4n) is 2.80. The molecule has 1 aliphatic rings. The van der Waals surface area contributed by atoms with Gasteiger partial charge in [0.05, 0.1) is 6.04 Å². The van der Waals surface area contributed by atoms with Gasteiger partial charge >= 0.3 is 0 Å². The zero-order valence-electron chi connectivity index (χ0n) is 13.1. The molecule has 3 rings (SSSR count). The highest BCUT2D eigenvalue weighted by Crippen LogP contribution is 2.29. The van der Waals surface area contributed by atoms with Crippen LogP contribution < -0.4 is 5.32 Å². The van der Waals surface area contributed by atoms with Crippen LogP contribution in [-0.4, -0.2) is 40.6 Å². The number of nitrogens with one attached hydrogen (secondary N) is 2. The Bertz CT molecular complexity index is 701. The molecule has 5 nitrogen and oxygen atoms in total. The number of amides is 1. The molecule has 1 saturated heterocycles. The normalized spacial score (nSPS) is 17.7. The van der Waals surface area contributed by atoms with Crippen molar-refractivity contribution in [2.75, 3.05) is 19.6 Å². The van der Waals surface area contributed by atoms with Gasteiger partial charge in [-0.1, -0.05) is 29.8 Å². The zero-order chi connectivity index (χ0) is 15.7. The molecule has 2 heterocycles. The number of carbonyl (C=O) groups is 1. The van der Waals surface area contributed by atoms with Crippen LogP contribution in [0.2, 0.25) is 5.02 Å². The summed E-state index contributed by atoms with van der Waals surface area (Å²) in [6.07, 6.45) is 0. The number of hydrogen-bond acceptors (Lipinski definition) is 3. The van der Waals surface area contributed by atoms with Crippen molar-refractivity contribution in [3.05, 3.63) is 51.8 Å². The Morgan fingerprint density at radius 2 is 2.09 bits per heavy atom. The van der Waals surface area contributed by atoms with E-state index in [1.165, 1.54) is 0 Å². The fraction of sp³-hybridized carbons (Fsp3) is 0.375. The number of aryl methyl sites for hydroxylation is 1. The second kappa shape index (κ2) is 7.34. The fourth-order valence-corrected chi connectivity index (χ4v) is 3.06. The molecule has 1 aliphatic heterocycles. The molecule has 2 N–H and O–H groups in total. The van der Waals surface area contributed by atoms with E-state index < -0.39 is 0 Å². The summed E-state index contributed by atoms with van der Waals surface area (Å²) in [5.74, 6) is -0.0479. The lowest BCUT2D eigenvalue weighted by atomic mass is 10.0. The van der Waals surface area contributed by atoms with Crippen molar-refractivity contribution in [1.29, 1.82) is 0 Å². The first kappa shape index (κ1) is 17.8. The van der Waals surface area contributed by atoms with Crippen molar-refractivity contribution < 1.29 is 4.79 Å². The molecule has 0 spiro atoms. The second-order valence-corrected chi connectivity index (χ2v) is 5.97. The van der Waals surface area contributed by atoms with Crippen LogP contribution in [0.3, 0.4) is 0 Å². The summed E-state index contributed by atoms with van der Waals surface area (Å²) in [4.78, 5) is 14.8. The van der Waals surface area contributed by atoms with Gasteiger partial charge in [0, 0.05) is 35.9 Å². The predicted molar refractivity (Wildman–Crippen MR) is 93.4 cm³/mol. The first-order valence-corrected chi connectivity index (χ1v) is 7.75. The molecule has 0 saturated carbocycles. The third kappa shape index (κ3) is 3.37. The van der Waals surface area contributed by atoms with Gasteiger partial charge in [-0.15, -0.1) is 12.4 Å². The molecule has 1 aromatic heterocycles. The molecular formula is C16H20Cl2N4O. The molecule has 0 radical (unpaired) electrons. The van der Waals surface area contributed by atoms with Crippen molar-refractivity contribution in [3.63, 3.8) is 0 Å². The first-order chi connectivity index (χ1) is 10.6. The SMILES string of the molecule is Cc1[nH]nc(C(=O)N2CCNCC2c2ccccc2Cl)c1C.Cl. The number of nitrogens with zero attached hydrogens (tertiary/aromatic N) is 2. The van der Waals surface area contributed by atoms with E-state index in [0.717, 1.165) is 23.4 Å². The Labute approximate surface area is 146 Å². The maximum atomic E-state index is 12.9. The number of carbonyl (C=O) groups excluding carboxylic acids is 1. The van der Waals surface area contributed by atoms with E-state index in [-0.39, 0.29) is 24.4 Å². The Morgan fingerprint density at radius 1 is 1.35 bits per heavy atom. The van der Waals surface area contributed by atoms with Crippen molar-refractivity contribution in [3.8, 4) is 0 Å². The molecule has 124 valence electrons. The van der Waals surface area contributed by atoms with Gasteiger partial charge in [0.2, 0.25) is 0 Å². The number of rotatable bonds is 2. The highest BCUT2D eigenvalue weighted by atomic mass is 35.5. The summed E-state index contributed by atoms with van der Waals surface area (Å²) < 4.78 is 0. The molecule has 1 unspecified atom stereocenters. The van der Waals surface area contributed by atoms with Gasteiger partial charge in [-0.05, 0) is 25.5 Å². The minimum absolute atomic E-state index is 0. The molecular weight excluding hydrogens is 335 g/mol. The average Bonchev–Trinajstić information content (AvgIpc) is 2.87. The molecule has 1 atom stereocenters. The number of benzene rings is 1. The average molecular weight is 355 g/mol. The summed E-state index contributed by atoms with van der Waals surface area (Å²) in [5, 5.41) is 11.1.